The lowest BCUT2D eigenvalue weighted by molar-refractivity contribution is 0.320. The summed E-state index contributed by atoms with van der Waals surface area (Å²) in [6, 6.07) is 16.8. The average molecular weight is 254 g/mol. The Kier molecular flexibility index (Phi) is 5.10. The van der Waals surface area contributed by atoms with Crippen molar-refractivity contribution in [3.63, 3.8) is 0 Å². The number of nitrogens with zero attached hydrogens (tertiary/aromatic N) is 2. The number of pyridine rings is 1. The van der Waals surface area contributed by atoms with Gasteiger partial charge in [-0.25, -0.2) is 0 Å². The Bertz CT molecular complexity index is 467. The summed E-state index contributed by atoms with van der Waals surface area (Å²) < 4.78 is 0. The molecule has 0 saturated heterocycles. The Hall–Kier alpha value is -1.67. The van der Waals surface area contributed by atoms with Crippen molar-refractivity contribution in [3.05, 3.63) is 66.0 Å². The molecule has 0 spiro atoms. The molecule has 1 atom stereocenters. The Morgan fingerprint density at radius 1 is 1.05 bits per heavy atom. The highest BCUT2D eigenvalue weighted by Crippen LogP contribution is 2.15. The summed E-state index contributed by atoms with van der Waals surface area (Å²) in [6.07, 6.45) is 2.88. The van der Waals surface area contributed by atoms with Gasteiger partial charge in [0.05, 0.1) is 0 Å². The molecule has 1 aromatic carbocycles. The van der Waals surface area contributed by atoms with E-state index in [1.165, 1.54) is 11.3 Å². The molecule has 2 rings (SSSR count). The van der Waals surface area contributed by atoms with Gasteiger partial charge in [-0.3, -0.25) is 4.98 Å². The fraction of sp³-hybridized carbons (Fsp3) is 0.353. The summed E-state index contributed by atoms with van der Waals surface area (Å²) in [7, 11) is 2.18. The molecular weight excluding hydrogens is 232 g/mol. The van der Waals surface area contributed by atoms with E-state index < -0.39 is 0 Å². The largest absolute Gasteiger partial charge is 0.305 e. The third-order valence-corrected chi connectivity index (χ3v) is 3.43. The summed E-state index contributed by atoms with van der Waals surface area (Å²) in [4.78, 5) is 6.74. The molecule has 0 saturated carbocycles. The first-order valence-corrected chi connectivity index (χ1v) is 6.89. The molecule has 2 heteroatoms. The van der Waals surface area contributed by atoms with Crippen LogP contribution in [0.5, 0.6) is 0 Å². The van der Waals surface area contributed by atoms with Crippen LogP contribution in [0.4, 0.5) is 0 Å². The van der Waals surface area contributed by atoms with Crippen LogP contribution in [-0.4, -0.2) is 30.0 Å². The van der Waals surface area contributed by atoms with Crippen molar-refractivity contribution in [2.24, 2.45) is 0 Å². The summed E-state index contributed by atoms with van der Waals surface area (Å²) in [5.74, 6) is 0.565. The molecule has 0 radical (unpaired) electrons. The maximum atomic E-state index is 4.36. The van der Waals surface area contributed by atoms with E-state index in [2.05, 4.69) is 66.3 Å². The zero-order valence-corrected chi connectivity index (χ0v) is 11.8. The van der Waals surface area contributed by atoms with Crippen molar-refractivity contribution >= 4 is 0 Å². The Balaban J connectivity index is 1.80. The summed E-state index contributed by atoms with van der Waals surface area (Å²) >= 11 is 0. The predicted molar refractivity (Wildman–Crippen MR) is 80.3 cm³/mol. The van der Waals surface area contributed by atoms with Gasteiger partial charge in [-0.05, 0) is 30.7 Å². The van der Waals surface area contributed by atoms with Crippen LogP contribution in [0, 0.1) is 0 Å². The van der Waals surface area contributed by atoms with Crippen LogP contribution >= 0.6 is 0 Å². The highest BCUT2D eigenvalue weighted by molar-refractivity contribution is 5.19. The van der Waals surface area contributed by atoms with E-state index >= 15 is 0 Å². The molecule has 2 nitrogen and oxygen atoms in total. The quantitative estimate of drug-likeness (QED) is 0.786. The minimum atomic E-state index is 0.565. The summed E-state index contributed by atoms with van der Waals surface area (Å²) in [5.41, 5.74) is 2.58. The van der Waals surface area contributed by atoms with Gasteiger partial charge in [0.15, 0.2) is 0 Å². The number of rotatable bonds is 6. The van der Waals surface area contributed by atoms with Crippen molar-refractivity contribution in [1.82, 2.24) is 9.88 Å². The van der Waals surface area contributed by atoms with E-state index in [9.17, 15) is 0 Å². The zero-order chi connectivity index (χ0) is 13.5. The number of aromatic nitrogens is 1. The van der Waals surface area contributed by atoms with Crippen LogP contribution in [0.2, 0.25) is 0 Å². The lowest BCUT2D eigenvalue weighted by Gasteiger charge is -2.21. The Morgan fingerprint density at radius 3 is 2.47 bits per heavy atom. The normalized spacial score (nSPS) is 12.6. The maximum absolute atomic E-state index is 4.36. The van der Waals surface area contributed by atoms with E-state index in [0.29, 0.717) is 5.92 Å². The molecule has 1 aromatic heterocycles. The number of hydrogen-bond acceptors (Lipinski definition) is 2. The molecule has 0 bridgehead atoms. The highest BCUT2D eigenvalue weighted by atomic mass is 15.1. The van der Waals surface area contributed by atoms with Gasteiger partial charge in [-0.15, -0.1) is 0 Å². The monoisotopic (exact) mass is 254 g/mol. The van der Waals surface area contributed by atoms with Crippen LogP contribution in [-0.2, 0) is 6.42 Å². The van der Waals surface area contributed by atoms with Gasteiger partial charge in [0.2, 0.25) is 0 Å². The predicted octanol–water partition coefficient (Wildman–Crippen LogP) is 3.36. The first-order valence-electron chi connectivity index (χ1n) is 6.89. The SMILES string of the molecule is CC(CN(C)CCc1ccccn1)c1ccccc1. The van der Waals surface area contributed by atoms with Crippen molar-refractivity contribution in [3.8, 4) is 0 Å². The van der Waals surface area contributed by atoms with Gasteiger partial charge in [0.25, 0.3) is 0 Å². The van der Waals surface area contributed by atoms with Crippen molar-refractivity contribution < 1.29 is 0 Å². The second-order valence-corrected chi connectivity index (χ2v) is 5.15. The molecule has 0 aliphatic carbocycles. The van der Waals surface area contributed by atoms with E-state index in [1.807, 2.05) is 12.3 Å². The Morgan fingerprint density at radius 2 is 1.79 bits per heavy atom. The number of likely N-dealkylation sites (N-methyl/N-ethyl adjacent to an activating group) is 1. The minimum Gasteiger partial charge on any atom is -0.305 e. The van der Waals surface area contributed by atoms with Gasteiger partial charge in [0, 0.05) is 31.4 Å². The molecule has 0 fully saturated rings. The zero-order valence-electron chi connectivity index (χ0n) is 11.8. The van der Waals surface area contributed by atoms with Crippen LogP contribution in [0.1, 0.15) is 24.1 Å². The molecule has 0 aliphatic heterocycles. The van der Waals surface area contributed by atoms with Crippen molar-refractivity contribution in [2.75, 3.05) is 20.1 Å². The van der Waals surface area contributed by atoms with Crippen LogP contribution in [0.3, 0.4) is 0 Å². The standard InChI is InChI=1S/C17H22N2/c1-15(16-8-4-3-5-9-16)14-19(2)13-11-17-10-6-7-12-18-17/h3-10,12,15H,11,13-14H2,1-2H3. The number of hydrogen-bond donors (Lipinski definition) is 0. The molecule has 0 aliphatic rings. The fourth-order valence-electron chi connectivity index (χ4n) is 2.30. The van der Waals surface area contributed by atoms with Crippen LogP contribution in [0.25, 0.3) is 0 Å². The highest BCUT2D eigenvalue weighted by Gasteiger charge is 2.08. The van der Waals surface area contributed by atoms with Gasteiger partial charge in [-0.2, -0.15) is 0 Å². The molecular formula is C17H22N2. The lowest BCUT2D eigenvalue weighted by atomic mass is 10.0. The molecule has 100 valence electrons. The van der Waals surface area contributed by atoms with E-state index in [1.54, 1.807) is 0 Å². The Labute approximate surface area is 116 Å². The second-order valence-electron chi connectivity index (χ2n) is 5.15. The van der Waals surface area contributed by atoms with Crippen molar-refractivity contribution in [2.45, 2.75) is 19.3 Å². The number of benzene rings is 1. The van der Waals surface area contributed by atoms with Crippen LogP contribution in [0.15, 0.2) is 54.7 Å². The second kappa shape index (κ2) is 7.05. The first kappa shape index (κ1) is 13.8. The molecule has 1 heterocycles. The first-order chi connectivity index (χ1) is 9.25. The third-order valence-electron chi connectivity index (χ3n) is 3.43. The van der Waals surface area contributed by atoms with Gasteiger partial charge >= 0.3 is 0 Å². The van der Waals surface area contributed by atoms with E-state index in [-0.39, 0.29) is 0 Å². The van der Waals surface area contributed by atoms with Crippen LogP contribution < -0.4 is 0 Å². The van der Waals surface area contributed by atoms with Gasteiger partial charge < -0.3 is 4.90 Å². The summed E-state index contributed by atoms with van der Waals surface area (Å²) in [6.45, 7) is 4.41. The molecule has 0 N–H and O–H groups in total. The fourth-order valence-corrected chi connectivity index (χ4v) is 2.30. The van der Waals surface area contributed by atoms with Gasteiger partial charge in [-0.1, -0.05) is 43.3 Å². The topological polar surface area (TPSA) is 16.1 Å². The van der Waals surface area contributed by atoms with Gasteiger partial charge in [0.1, 0.15) is 0 Å². The van der Waals surface area contributed by atoms with Crippen molar-refractivity contribution in [1.29, 1.82) is 0 Å². The molecule has 19 heavy (non-hydrogen) atoms. The average Bonchev–Trinajstić information content (AvgIpc) is 2.47. The molecule has 1 unspecified atom stereocenters. The van der Waals surface area contributed by atoms with E-state index in [4.69, 9.17) is 0 Å². The maximum Gasteiger partial charge on any atom is 0.0416 e. The molecule has 0 amide bonds. The lowest BCUT2D eigenvalue weighted by Crippen LogP contribution is -2.26. The smallest absolute Gasteiger partial charge is 0.0416 e. The molecule has 2 aromatic rings. The minimum absolute atomic E-state index is 0.565. The summed E-state index contributed by atoms with van der Waals surface area (Å²) in [5, 5.41) is 0. The third kappa shape index (κ3) is 4.49. The van der Waals surface area contributed by atoms with E-state index in [0.717, 1.165) is 19.5 Å².